The summed E-state index contributed by atoms with van der Waals surface area (Å²) >= 11 is 5.65. The Hall–Kier alpha value is -1.93. The van der Waals surface area contributed by atoms with Crippen molar-refractivity contribution in [2.75, 3.05) is 0 Å². The Bertz CT molecular complexity index is 560. The molecule has 0 N–H and O–H groups in total. The Morgan fingerprint density at radius 2 is 1.33 bits per heavy atom. The number of benzene rings is 2. The first-order chi connectivity index (χ1) is 10.2. The highest BCUT2D eigenvalue weighted by Crippen LogP contribution is 2.14. The lowest BCUT2D eigenvalue weighted by molar-refractivity contribution is 0.414. The number of allylic oxidation sites excluding steroid dienone is 1. The predicted molar refractivity (Wildman–Crippen MR) is 94.2 cm³/mol. The van der Waals surface area contributed by atoms with Gasteiger partial charge in [0.05, 0.1) is 0 Å². The zero-order valence-corrected chi connectivity index (χ0v) is 13.4. The van der Waals surface area contributed by atoms with E-state index in [1.54, 1.807) is 0 Å². The minimum absolute atomic E-state index is 0.833. The van der Waals surface area contributed by atoms with Gasteiger partial charge in [-0.1, -0.05) is 79.0 Å². The Labute approximate surface area is 132 Å². The van der Waals surface area contributed by atoms with Crippen LogP contribution in [0.1, 0.15) is 25.0 Å². The predicted octanol–water partition coefficient (Wildman–Crippen LogP) is 4.98. The maximum absolute atomic E-state index is 5.65. The molecule has 0 atom stereocenters. The van der Waals surface area contributed by atoms with E-state index < -0.39 is 0 Å². The van der Waals surface area contributed by atoms with E-state index in [1.165, 1.54) is 11.1 Å². The molecule has 2 heteroatoms. The largest absolute Gasteiger partial charge is 0.354 e. The monoisotopic (exact) mass is 295 g/mol. The number of hydrogen-bond donors (Lipinski definition) is 0. The van der Waals surface area contributed by atoms with Crippen LogP contribution in [0.25, 0.3) is 0 Å². The van der Waals surface area contributed by atoms with Crippen molar-refractivity contribution in [2.24, 2.45) is 0 Å². The highest BCUT2D eigenvalue weighted by molar-refractivity contribution is 7.80. The van der Waals surface area contributed by atoms with Crippen LogP contribution < -0.4 is 0 Å². The molecular formula is C19H21NS. The lowest BCUT2D eigenvalue weighted by Gasteiger charge is -2.26. The average Bonchev–Trinajstić information content (AvgIpc) is 2.54. The van der Waals surface area contributed by atoms with E-state index in [-0.39, 0.29) is 0 Å². The molecule has 0 unspecified atom stereocenters. The fourth-order valence-corrected chi connectivity index (χ4v) is 2.43. The fourth-order valence-electron chi connectivity index (χ4n) is 2.18. The van der Waals surface area contributed by atoms with Crippen LogP contribution in [0.3, 0.4) is 0 Å². The van der Waals surface area contributed by atoms with Gasteiger partial charge in [-0.15, -0.1) is 0 Å². The third kappa shape index (κ3) is 4.54. The Morgan fingerprint density at radius 1 is 0.905 bits per heavy atom. The molecule has 2 aromatic rings. The third-order valence-corrected chi connectivity index (χ3v) is 4.07. The van der Waals surface area contributed by atoms with Gasteiger partial charge in [-0.3, -0.25) is 0 Å². The first kappa shape index (κ1) is 15.5. The molecule has 0 amide bonds. The van der Waals surface area contributed by atoms with Gasteiger partial charge >= 0.3 is 0 Å². The van der Waals surface area contributed by atoms with Gasteiger partial charge < -0.3 is 4.90 Å². The van der Waals surface area contributed by atoms with E-state index in [4.69, 9.17) is 12.2 Å². The summed E-state index contributed by atoms with van der Waals surface area (Å²) in [7, 11) is 0. The molecule has 0 aliphatic rings. The Kier molecular flexibility index (Phi) is 5.70. The zero-order valence-electron chi connectivity index (χ0n) is 12.6. The van der Waals surface area contributed by atoms with Crippen LogP contribution in [0.2, 0.25) is 0 Å². The van der Waals surface area contributed by atoms with Gasteiger partial charge in [-0.2, -0.15) is 0 Å². The average molecular weight is 295 g/mol. The molecule has 0 aliphatic heterocycles. The number of hydrogen-bond acceptors (Lipinski definition) is 1. The molecule has 0 fully saturated rings. The molecular weight excluding hydrogens is 274 g/mol. The number of rotatable bonds is 5. The first-order valence-electron chi connectivity index (χ1n) is 7.20. The highest BCUT2D eigenvalue weighted by atomic mass is 32.1. The summed E-state index contributed by atoms with van der Waals surface area (Å²) in [6.07, 6.45) is 2.07. The van der Waals surface area contributed by atoms with Gasteiger partial charge in [-0.25, -0.2) is 0 Å². The summed E-state index contributed by atoms with van der Waals surface area (Å²) in [5.41, 5.74) is 3.70. The van der Waals surface area contributed by atoms with E-state index in [2.05, 4.69) is 66.4 Å². The highest BCUT2D eigenvalue weighted by Gasteiger charge is 2.12. The van der Waals surface area contributed by atoms with Gasteiger partial charge in [-0.05, 0) is 30.5 Å². The summed E-state index contributed by atoms with van der Waals surface area (Å²) in [6, 6.07) is 20.9. The van der Waals surface area contributed by atoms with E-state index in [9.17, 15) is 0 Å². The van der Waals surface area contributed by atoms with Crippen molar-refractivity contribution < 1.29 is 0 Å². The minimum Gasteiger partial charge on any atom is -0.354 e. The number of thiocarbonyl (C=S) groups is 1. The molecule has 0 radical (unpaired) electrons. The summed E-state index contributed by atoms with van der Waals surface area (Å²) in [6.45, 7) is 5.77. The molecule has 2 aromatic carbocycles. The van der Waals surface area contributed by atoms with Crippen LogP contribution in [0.5, 0.6) is 0 Å². The minimum atomic E-state index is 0.833. The van der Waals surface area contributed by atoms with E-state index >= 15 is 0 Å². The second kappa shape index (κ2) is 7.75. The summed E-state index contributed by atoms with van der Waals surface area (Å²) in [4.78, 5) is 3.18. The van der Waals surface area contributed by atoms with Gasteiger partial charge in [0, 0.05) is 13.1 Å². The standard InChI is InChI=1S/C19H21NS/c1-3-16(2)19(21)20(14-17-10-6-4-7-11-17)15-18-12-8-5-9-13-18/h3-13H,14-15H2,1-2H3/b16-3+. The van der Waals surface area contributed by atoms with Crippen LogP contribution >= 0.6 is 12.2 Å². The van der Waals surface area contributed by atoms with Crippen LogP contribution in [-0.2, 0) is 13.1 Å². The van der Waals surface area contributed by atoms with Crippen molar-refractivity contribution in [1.82, 2.24) is 4.90 Å². The topological polar surface area (TPSA) is 3.24 Å². The van der Waals surface area contributed by atoms with Crippen LogP contribution in [-0.4, -0.2) is 9.89 Å². The van der Waals surface area contributed by atoms with E-state index in [0.29, 0.717) is 0 Å². The van der Waals surface area contributed by atoms with Crippen molar-refractivity contribution >= 4 is 17.2 Å². The van der Waals surface area contributed by atoms with Crippen molar-refractivity contribution in [3.05, 3.63) is 83.4 Å². The molecule has 0 spiro atoms. The van der Waals surface area contributed by atoms with Gasteiger partial charge in [0.1, 0.15) is 4.99 Å². The van der Waals surface area contributed by atoms with Crippen LogP contribution in [0.15, 0.2) is 72.3 Å². The molecule has 2 rings (SSSR count). The molecule has 0 saturated carbocycles. The summed E-state index contributed by atoms with van der Waals surface area (Å²) in [5.74, 6) is 0. The molecule has 0 heterocycles. The molecule has 0 saturated heterocycles. The Balaban J connectivity index is 2.20. The lowest BCUT2D eigenvalue weighted by Crippen LogP contribution is -2.29. The van der Waals surface area contributed by atoms with E-state index in [0.717, 1.165) is 23.7 Å². The zero-order chi connectivity index (χ0) is 15.1. The Morgan fingerprint density at radius 3 is 1.71 bits per heavy atom. The van der Waals surface area contributed by atoms with E-state index in [1.807, 2.05) is 19.1 Å². The SMILES string of the molecule is C/C=C(\C)C(=S)N(Cc1ccccc1)Cc1ccccc1. The lowest BCUT2D eigenvalue weighted by atomic mass is 10.1. The van der Waals surface area contributed by atoms with Gasteiger partial charge in [0.2, 0.25) is 0 Å². The van der Waals surface area contributed by atoms with Crippen molar-refractivity contribution in [1.29, 1.82) is 0 Å². The second-order valence-electron chi connectivity index (χ2n) is 5.10. The van der Waals surface area contributed by atoms with Crippen molar-refractivity contribution in [2.45, 2.75) is 26.9 Å². The molecule has 0 aromatic heterocycles. The quantitative estimate of drug-likeness (QED) is 0.565. The second-order valence-corrected chi connectivity index (χ2v) is 5.49. The molecule has 108 valence electrons. The normalized spacial score (nSPS) is 11.2. The molecule has 21 heavy (non-hydrogen) atoms. The summed E-state index contributed by atoms with van der Waals surface area (Å²) < 4.78 is 0. The van der Waals surface area contributed by atoms with Crippen molar-refractivity contribution in [3.8, 4) is 0 Å². The van der Waals surface area contributed by atoms with Crippen LogP contribution in [0, 0.1) is 0 Å². The maximum atomic E-state index is 5.65. The van der Waals surface area contributed by atoms with Gasteiger partial charge in [0.15, 0.2) is 0 Å². The first-order valence-corrected chi connectivity index (χ1v) is 7.61. The van der Waals surface area contributed by atoms with Crippen LogP contribution in [0.4, 0.5) is 0 Å². The van der Waals surface area contributed by atoms with Gasteiger partial charge in [0.25, 0.3) is 0 Å². The smallest absolute Gasteiger partial charge is 0.105 e. The fraction of sp³-hybridized carbons (Fsp3) is 0.211. The molecule has 0 bridgehead atoms. The molecule has 0 aliphatic carbocycles. The maximum Gasteiger partial charge on any atom is 0.105 e. The van der Waals surface area contributed by atoms with Crippen molar-refractivity contribution in [3.63, 3.8) is 0 Å². The molecule has 1 nitrogen and oxygen atoms in total. The summed E-state index contributed by atoms with van der Waals surface area (Å²) in [5, 5.41) is 0. The number of nitrogens with zero attached hydrogens (tertiary/aromatic N) is 1. The third-order valence-electron chi connectivity index (χ3n) is 3.49.